The van der Waals surface area contributed by atoms with Crippen molar-refractivity contribution in [1.82, 2.24) is 19.6 Å². The van der Waals surface area contributed by atoms with Gasteiger partial charge in [-0.15, -0.1) is 10.2 Å². The topological polar surface area (TPSA) is 63.0 Å². The number of H-pyrrole nitrogens is 1. The molecule has 5 heteroatoms. The van der Waals surface area contributed by atoms with Crippen molar-refractivity contribution in [3.05, 3.63) is 52.6 Å². The fourth-order valence-corrected chi connectivity index (χ4v) is 1.81. The summed E-state index contributed by atoms with van der Waals surface area (Å²) in [6.45, 7) is 1.88. The van der Waals surface area contributed by atoms with Crippen LogP contribution >= 0.6 is 0 Å². The lowest BCUT2D eigenvalue weighted by molar-refractivity contribution is 0.989. The number of rotatable bonds is 1. The maximum Gasteiger partial charge on any atom is 0.333 e. The minimum Gasteiger partial charge on any atom is -0.313 e. The van der Waals surface area contributed by atoms with Crippen molar-refractivity contribution < 1.29 is 0 Å². The Kier molecular flexibility index (Phi) is 2.04. The van der Waals surface area contributed by atoms with Crippen LogP contribution < -0.4 is 5.69 Å². The molecular weight excluding hydrogens is 216 g/mol. The molecule has 1 N–H and O–H groups in total. The van der Waals surface area contributed by atoms with Gasteiger partial charge in [0.05, 0.1) is 0 Å². The lowest BCUT2D eigenvalue weighted by Gasteiger charge is -1.99. The molecule has 2 heterocycles. The van der Waals surface area contributed by atoms with Crippen molar-refractivity contribution in [2.24, 2.45) is 0 Å². The first-order valence-corrected chi connectivity index (χ1v) is 5.26. The lowest BCUT2D eigenvalue weighted by Crippen LogP contribution is -2.17. The van der Waals surface area contributed by atoms with Crippen LogP contribution in [0.1, 0.15) is 5.56 Å². The molecule has 0 radical (unpaired) electrons. The zero-order chi connectivity index (χ0) is 11.8. The van der Waals surface area contributed by atoms with Gasteiger partial charge in [0.2, 0.25) is 0 Å². The lowest BCUT2D eigenvalue weighted by atomic mass is 10.2. The SMILES string of the molecule is Cc1c[nH]c(=O)n2c(-c3ccccc3)nnc12. The Bertz CT molecular complexity index is 727. The molecular formula is C12H10N4O. The number of benzene rings is 1. The molecule has 0 atom stereocenters. The molecule has 3 aromatic rings. The van der Waals surface area contributed by atoms with Crippen molar-refractivity contribution in [2.75, 3.05) is 0 Å². The number of aromatic nitrogens is 4. The third-order valence-electron chi connectivity index (χ3n) is 2.66. The fraction of sp³-hybridized carbons (Fsp3) is 0.0833. The molecule has 0 aliphatic rings. The molecule has 2 aromatic heterocycles. The highest BCUT2D eigenvalue weighted by atomic mass is 16.1. The number of nitrogens with one attached hydrogen (secondary N) is 1. The van der Waals surface area contributed by atoms with Crippen molar-refractivity contribution in [3.63, 3.8) is 0 Å². The van der Waals surface area contributed by atoms with E-state index in [1.54, 1.807) is 6.20 Å². The van der Waals surface area contributed by atoms with Gasteiger partial charge in [0.15, 0.2) is 11.5 Å². The van der Waals surface area contributed by atoms with Crippen LogP contribution in [0.2, 0.25) is 0 Å². The smallest absolute Gasteiger partial charge is 0.313 e. The molecule has 0 saturated heterocycles. The molecule has 0 spiro atoms. The van der Waals surface area contributed by atoms with E-state index >= 15 is 0 Å². The molecule has 0 saturated carbocycles. The highest BCUT2D eigenvalue weighted by molar-refractivity contribution is 5.60. The predicted octanol–water partition coefficient (Wildman–Crippen LogP) is 1.39. The van der Waals surface area contributed by atoms with Crippen LogP contribution in [-0.4, -0.2) is 19.6 Å². The molecule has 0 amide bonds. The first-order valence-electron chi connectivity index (χ1n) is 5.26. The normalized spacial score (nSPS) is 10.9. The molecule has 1 aromatic carbocycles. The van der Waals surface area contributed by atoms with Crippen molar-refractivity contribution in [3.8, 4) is 11.4 Å². The van der Waals surface area contributed by atoms with Crippen LogP contribution in [0.25, 0.3) is 17.0 Å². The molecule has 17 heavy (non-hydrogen) atoms. The standard InChI is InChI=1S/C12H10N4O/c1-8-7-13-12(17)16-10(8)14-15-11(16)9-5-3-2-4-6-9/h2-7H,1H3,(H,13,17). The predicted molar refractivity (Wildman–Crippen MR) is 63.8 cm³/mol. The fourth-order valence-electron chi connectivity index (χ4n) is 1.81. The third-order valence-corrected chi connectivity index (χ3v) is 2.66. The van der Waals surface area contributed by atoms with E-state index in [-0.39, 0.29) is 5.69 Å². The number of hydrogen-bond acceptors (Lipinski definition) is 3. The highest BCUT2D eigenvalue weighted by Crippen LogP contribution is 2.16. The monoisotopic (exact) mass is 226 g/mol. The molecule has 0 aliphatic heterocycles. The number of hydrogen-bond donors (Lipinski definition) is 1. The van der Waals surface area contributed by atoms with Gasteiger partial charge in [0, 0.05) is 17.3 Å². The summed E-state index contributed by atoms with van der Waals surface area (Å²) in [5, 5.41) is 8.13. The van der Waals surface area contributed by atoms with Gasteiger partial charge in [0.1, 0.15) is 0 Å². The summed E-state index contributed by atoms with van der Waals surface area (Å²) < 4.78 is 1.49. The van der Waals surface area contributed by atoms with Crippen LogP contribution in [-0.2, 0) is 0 Å². The molecule has 84 valence electrons. The summed E-state index contributed by atoms with van der Waals surface area (Å²) in [5.74, 6) is 0.561. The average Bonchev–Trinajstić information content (AvgIpc) is 2.81. The van der Waals surface area contributed by atoms with Crippen LogP contribution in [0.5, 0.6) is 0 Å². The number of aryl methyl sites for hydroxylation is 1. The zero-order valence-corrected chi connectivity index (χ0v) is 9.21. The van der Waals surface area contributed by atoms with Crippen LogP contribution in [0.3, 0.4) is 0 Å². The summed E-state index contributed by atoms with van der Waals surface area (Å²) in [7, 11) is 0. The van der Waals surface area contributed by atoms with Crippen LogP contribution in [0.15, 0.2) is 41.3 Å². The Hall–Kier alpha value is -2.43. The van der Waals surface area contributed by atoms with Crippen LogP contribution in [0, 0.1) is 6.92 Å². The van der Waals surface area contributed by atoms with Gasteiger partial charge in [-0.3, -0.25) is 0 Å². The Morgan fingerprint density at radius 2 is 1.94 bits per heavy atom. The largest absolute Gasteiger partial charge is 0.333 e. The average molecular weight is 226 g/mol. The Morgan fingerprint density at radius 1 is 1.18 bits per heavy atom. The quantitative estimate of drug-likeness (QED) is 0.682. The highest BCUT2D eigenvalue weighted by Gasteiger charge is 2.11. The number of fused-ring (bicyclic) bond motifs is 1. The molecule has 3 rings (SSSR count). The molecule has 5 nitrogen and oxygen atoms in total. The first kappa shape index (κ1) is 9.77. The van der Waals surface area contributed by atoms with E-state index in [0.717, 1.165) is 11.1 Å². The maximum absolute atomic E-state index is 11.8. The summed E-state index contributed by atoms with van der Waals surface area (Å²) in [6, 6.07) is 9.53. The van der Waals surface area contributed by atoms with Gasteiger partial charge in [0.25, 0.3) is 0 Å². The minimum atomic E-state index is -0.227. The zero-order valence-electron chi connectivity index (χ0n) is 9.21. The number of nitrogens with zero attached hydrogens (tertiary/aromatic N) is 3. The van der Waals surface area contributed by atoms with Gasteiger partial charge in [-0.25, -0.2) is 9.20 Å². The Balaban J connectivity index is 2.40. The Labute approximate surface area is 96.8 Å². The van der Waals surface area contributed by atoms with Gasteiger partial charge >= 0.3 is 5.69 Å². The molecule has 0 aliphatic carbocycles. The number of aromatic amines is 1. The van der Waals surface area contributed by atoms with Crippen molar-refractivity contribution in [1.29, 1.82) is 0 Å². The summed E-state index contributed by atoms with van der Waals surface area (Å²) in [6.07, 6.45) is 1.64. The van der Waals surface area contributed by atoms with Gasteiger partial charge in [-0.05, 0) is 6.92 Å². The molecule has 0 fully saturated rings. The summed E-state index contributed by atoms with van der Waals surface area (Å²) in [5.41, 5.74) is 2.12. The van der Waals surface area contributed by atoms with Crippen molar-refractivity contribution in [2.45, 2.75) is 6.92 Å². The summed E-state index contributed by atoms with van der Waals surface area (Å²) >= 11 is 0. The second kappa shape index (κ2) is 3.55. The molecule has 0 bridgehead atoms. The van der Waals surface area contributed by atoms with Crippen molar-refractivity contribution >= 4 is 5.65 Å². The van der Waals surface area contributed by atoms with E-state index < -0.39 is 0 Å². The maximum atomic E-state index is 11.8. The van der Waals surface area contributed by atoms with E-state index in [2.05, 4.69) is 15.2 Å². The van der Waals surface area contributed by atoms with E-state index in [4.69, 9.17) is 0 Å². The van der Waals surface area contributed by atoms with E-state index in [0.29, 0.717) is 11.5 Å². The van der Waals surface area contributed by atoms with Gasteiger partial charge in [-0.2, -0.15) is 0 Å². The summed E-state index contributed by atoms with van der Waals surface area (Å²) in [4.78, 5) is 14.5. The van der Waals surface area contributed by atoms with Gasteiger partial charge < -0.3 is 4.98 Å². The molecule has 0 unspecified atom stereocenters. The second-order valence-corrected chi connectivity index (χ2v) is 3.83. The van der Waals surface area contributed by atoms with E-state index in [1.807, 2.05) is 37.3 Å². The van der Waals surface area contributed by atoms with Crippen LogP contribution in [0.4, 0.5) is 0 Å². The van der Waals surface area contributed by atoms with E-state index in [9.17, 15) is 4.79 Å². The van der Waals surface area contributed by atoms with Gasteiger partial charge in [-0.1, -0.05) is 30.3 Å². The minimum absolute atomic E-state index is 0.227. The first-order chi connectivity index (χ1) is 8.27. The third kappa shape index (κ3) is 1.44. The second-order valence-electron chi connectivity index (χ2n) is 3.83. The van der Waals surface area contributed by atoms with E-state index in [1.165, 1.54) is 4.40 Å². The Morgan fingerprint density at radius 3 is 2.71 bits per heavy atom.